The lowest BCUT2D eigenvalue weighted by molar-refractivity contribution is -0.128. The third-order valence-electron chi connectivity index (χ3n) is 3.32. The molecule has 2 aromatic carbocycles. The molecule has 0 bridgehead atoms. The molecule has 0 saturated heterocycles. The highest BCUT2D eigenvalue weighted by atomic mass is 16.2. The third kappa shape index (κ3) is 1.58. The van der Waals surface area contributed by atoms with E-state index in [1.807, 2.05) is 24.3 Å². The number of benzene rings is 2. The Morgan fingerprint density at radius 2 is 1.84 bits per heavy atom. The first-order chi connectivity index (χ1) is 9.13. The fourth-order valence-electron chi connectivity index (χ4n) is 2.43. The number of rotatable bonds is 1. The molecule has 2 aromatic rings. The van der Waals surface area contributed by atoms with Crippen LogP contribution in [0.2, 0.25) is 0 Å². The number of fused-ring (bicyclic) bond motifs is 3. The van der Waals surface area contributed by atoms with Gasteiger partial charge < -0.3 is 5.43 Å². The Balaban J connectivity index is 2.39. The van der Waals surface area contributed by atoms with Gasteiger partial charge in [-0.15, -0.1) is 0 Å². The second kappa shape index (κ2) is 4.04. The second-order valence-corrected chi connectivity index (χ2v) is 4.39. The number of nitrogens with one attached hydrogen (secondary N) is 1. The highest BCUT2D eigenvalue weighted by Crippen LogP contribution is 2.32. The molecule has 6 nitrogen and oxygen atoms in total. The zero-order valence-corrected chi connectivity index (χ0v) is 10.0. The monoisotopic (exact) mass is 256 g/mol. The minimum atomic E-state index is -0.481. The van der Waals surface area contributed by atoms with Crippen molar-refractivity contribution < 1.29 is 9.59 Å². The molecule has 1 aliphatic rings. The van der Waals surface area contributed by atoms with Crippen molar-refractivity contribution in [3.63, 3.8) is 0 Å². The quantitative estimate of drug-likeness (QED) is 0.299. The number of anilines is 1. The predicted molar refractivity (Wildman–Crippen MR) is 70.8 cm³/mol. The summed E-state index contributed by atoms with van der Waals surface area (Å²) >= 11 is 0. The van der Waals surface area contributed by atoms with Crippen LogP contribution in [0.25, 0.3) is 10.8 Å². The maximum absolute atomic E-state index is 12.2. The van der Waals surface area contributed by atoms with Crippen LogP contribution in [0.15, 0.2) is 30.3 Å². The highest BCUT2D eigenvalue weighted by Gasteiger charge is 2.31. The maximum atomic E-state index is 12.2. The zero-order chi connectivity index (χ0) is 13.6. The minimum absolute atomic E-state index is 0.0943. The Labute approximate surface area is 108 Å². The molecule has 0 radical (unpaired) electrons. The van der Waals surface area contributed by atoms with Crippen LogP contribution in [0.5, 0.6) is 0 Å². The van der Waals surface area contributed by atoms with E-state index in [-0.39, 0.29) is 6.42 Å². The number of carbonyl (C=O) groups excluding carboxylic acids is 2. The molecular formula is C13H12N4O2. The fourth-order valence-corrected chi connectivity index (χ4v) is 2.43. The Kier molecular flexibility index (Phi) is 2.48. The molecule has 19 heavy (non-hydrogen) atoms. The van der Waals surface area contributed by atoms with E-state index in [0.717, 1.165) is 10.8 Å². The van der Waals surface area contributed by atoms with E-state index >= 15 is 0 Å². The SMILES string of the molecule is NNc1cc2c(c3ccccc13)C(=O)N(N)C(=O)C2. The molecule has 6 heteroatoms. The molecule has 2 amide bonds. The van der Waals surface area contributed by atoms with Gasteiger partial charge in [-0.3, -0.25) is 15.4 Å². The summed E-state index contributed by atoms with van der Waals surface area (Å²) in [6.45, 7) is 0. The summed E-state index contributed by atoms with van der Waals surface area (Å²) in [7, 11) is 0. The van der Waals surface area contributed by atoms with Gasteiger partial charge in [0.15, 0.2) is 0 Å². The second-order valence-electron chi connectivity index (χ2n) is 4.39. The zero-order valence-electron chi connectivity index (χ0n) is 10.0. The molecule has 0 fully saturated rings. The maximum Gasteiger partial charge on any atom is 0.275 e. The van der Waals surface area contributed by atoms with Crippen LogP contribution in [0, 0.1) is 0 Å². The van der Waals surface area contributed by atoms with Gasteiger partial charge in [0.25, 0.3) is 5.91 Å². The molecule has 1 heterocycles. The van der Waals surface area contributed by atoms with E-state index in [9.17, 15) is 9.59 Å². The first-order valence-corrected chi connectivity index (χ1v) is 5.76. The average Bonchev–Trinajstić information content (AvgIpc) is 2.43. The smallest absolute Gasteiger partial charge is 0.275 e. The molecule has 0 saturated carbocycles. The highest BCUT2D eigenvalue weighted by molar-refractivity contribution is 6.18. The number of nitrogens with zero attached hydrogens (tertiary/aromatic N) is 1. The Hall–Kier alpha value is -2.44. The van der Waals surface area contributed by atoms with Crippen molar-refractivity contribution in [3.05, 3.63) is 41.5 Å². The lowest BCUT2D eigenvalue weighted by Gasteiger charge is -2.24. The van der Waals surface area contributed by atoms with E-state index in [2.05, 4.69) is 5.43 Å². The van der Waals surface area contributed by atoms with Gasteiger partial charge in [0.05, 0.1) is 17.7 Å². The van der Waals surface area contributed by atoms with Crippen LogP contribution in [0.3, 0.4) is 0 Å². The van der Waals surface area contributed by atoms with Gasteiger partial charge in [-0.05, 0) is 17.0 Å². The van der Waals surface area contributed by atoms with Crippen molar-refractivity contribution in [1.82, 2.24) is 5.01 Å². The van der Waals surface area contributed by atoms with Crippen molar-refractivity contribution >= 4 is 28.3 Å². The molecule has 0 aromatic heterocycles. The summed E-state index contributed by atoms with van der Waals surface area (Å²) in [5, 5.41) is 2.23. The molecule has 0 atom stereocenters. The van der Waals surface area contributed by atoms with E-state index in [0.29, 0.717) is 21.8 Å². The molecule has 3 rings (SSSR count). The van der Waals surface area contributed by atoms with E-state index in [4.69, 9.17) is 11.7 Å². The van der Waals surface area contributed by atoms with Crippen molar-refractivity contribution in [2.45, 2.75) is 6.42 Å². The van der Waals surface area contributed by atoms with Crippen molar-refractivity contribution in [1.29, 1.82) is 0 Å². The van der Waals surface area contributed by atoms with Crippen LogP contribution in [0.1, 0.15) is 15.9 Å². The van der Waals surface area contributed by atoms with Crippen LogP contribution in [-0.2, 0) is 11.2 Å². The largest absolute Gasteiger partial charge is 0.324 e. The normalized spacial score (nSPS) is 14.7. The van der Waals surface area contributed by atoms with Crippen molar-refractivity contribution in [2.24, 2.45) is 11.7 Å². The number of hydrogen-bond acceptors (Lipinski definition) is 5. The number of hydrazine groups is 2. The number of imide groups is 1. The predicted octanol–water partition coefficient (Wildman–Crippen LogP) is 0.524. The summed E-state index contributed by atoms with van der Waals surface area (Å²) < 4.78 is 0. The van der Waals surface area contributed by atoms with Gasteiger partial charge >= 0.3 is 0 Å². The standard InChI is InChI=1S/C13H12N4O2/c14-16-10-5-7-6-11(18)17(15)13(19)12(7)9-4-2-1-3-8(9)10/h1-5,16H,6,14-15H2. The summed E-state index contributed by atoms with van der Waals surface area (Å²) in [5.74, 6) is 10.1. The Morgan fingerprint density at radius 3 is 2.53 bits per heavy atom. The van der Waals surface area contributed by atoms with Crippen LogP contribution in [-0.4, -0.2) is 16.8 Å². The van der Waals surface area contributed by atoms with Gasteiger partial charge in [-0.1, -0.05) is 24.3 Å². The van der Waals surface area contributed by atoms with Crippen LogP contribution in [0.4, 0.5) is 5.69 Å². The Bertz CT molecular complexity index is 711. The van der Waals surface area contributed by atoms with Gasteiger partial charge in [-0.2, -0.15) is 0 Å². The van der Waals surface area contributed by atoms with Gasteiger partial charge in [-0.25, -0.2) is 10.9 Å². The van der Waals surface area contributed by atoms with E-state index in [1.165, 1.54) is 0 Å². The molecule has 0 aliphatic carbocycles. The molecule has 5 N–H and O–H groups in total. The summed E-state index contributed by atoms with van der Waals surface area (Å²) in [6.07, 6.45) is 0.0943. The lowest BCUT2D eigenvalue weighted by atomic mass is 9.92. The van der Waals surface area contributed by atoms with Gasteiger partial charge in [0.1, 0.15) is 0 Å². The molecule has 96 valence electrons. The Morgan fingerprint density at radius 1 is 1.16 bits per heavy atom. The van der Waals surface area contributed by atoms with Gasteiger partial charge in [0, 0.05) is 5.39 Å². The number of hydrogen-bond donors (Lipinski definition) is 3. The summed E-state index contributed by atoms with van der Waals surface area (Å²) in [4.78, 5) is 23.8. The number of carbonyl (C=O) groups is 2. The minimum Gasteiger partial charge on any atom is -0.324 e. The first-order valence-electron chi connectivity index (χ1n) is 5.76. The van der Waals surface area contributed by atoms with Gasteiger partial charge in [0.2, 0.25) is 5.91 Å². The van der Waals surface area contributed by atoms with Crippen LogP contribution < -0.4 is 17.1 Å². The fraction of sp³-hybridized carbons (Fsp3) is 0.0769. The molecule has 0 spiro atoms. The van der Waals surface area contributed by atoms with E-state index in [1.54, 1.807) is 6.07 Å². The summed E-state index contributed by atoms with van der Waals surface area (Å²) in [5.41, 5.74) is 4.39. The summed E-state index contributed by atoms with van der Waals surface area (Å²) in [6, 6.07) is 9.08. The average molecular weight is 256 g/mol. The van der Waals surface area contributed by atoms with Crippen molar-refractivity contribution in [3.8, 4) is 0 Å². The van der Waals surface area contributed by atoms with Crippen molar-refractivity contribution in [2.75, 3.05) is 5.43 Å². The first kappa shape index (κ1) is 11.6. The van der Waals surface area contributed by atoms with E-state index < -0.39 is 11.8 Å². The number of amides is 2. The third-order valence-corrected chi connectivity index (χ3v) is 3.32. The number of nitrogen functional groups attached to an aromatic ring is 1. The molecular weight excluding hydrogens is 244 g/mol. The van der Waals surface area contributed by atoms with Crippen LogP contribution >= 0.6 is 0 Å². The lowest BCUT2D eigenvalue weighted by Crippen LogP contribution is -2.47. The molecule has 0 unspecified atom stereocenters. The molecule has 1 aliphatic heterocycles. The number of nitrogens with two attached hydrogens (primary N) is 2. The topological polar surface area (TPSA) is 101 Å².